The number of carbonyl (C=O) groups is 1. The lowest BCUT2D eigenvalue weighted by atomic mass is 9.96. The van der Waals surface area contributed by atoms with E-state index in [9.17, 15) is 14.9 Å². The molecule has 1 unspecified atom stereocenters. The zero-order valence-electron chi connectivity index (χ0n) is 11.5. The van der Waals surface area contributed by atoms with Crippen LogP contribution in [-0.4, -0.2) is 10.9 Å². The molecule has 2 rings (SSSR count). The lowest BCUT2D eigenvalue weighted by Crippen LogP contribution is -2.18. The Morgan fingerprint density at radius 3 is 2.36 bits per heavy atom. The molecule has 0 fully saturated rings. The second kappa shape index (κ2) is 6.99. The lowest BCUT2D eigenvalue weighted by Gasteiger charge is -2.13. The van der Waals surface area contributed by atoms with Gasteiger partial charge in [0.25, 0.3) is 5.69 Å². The van der Waals surface area contributed by atoms with Crippen LogP contribution in [0.15, 0.2) is 54.6 Å². The second-order valence-electron chi connectivity index (χ2n) is 4.50. The smallest absolute Gasteiger partial charge is 0.319 e. The largest absolute Gasteiger partial charge is 0.426 e. The number of rotatable bonds is 5. The van der Waals surface area contributed by atoms with E-state index in [1.54, 1.807) is 24.3 Å². The molecule has 1 atom stereocenters. The van der Waals surface area contributed by atoms with Gasteiger partial charge in [-0.3, -0.25) is 14.9 Å². The predicted octanol–water partition coefficient (Wildman–Crippen LogP) is 3.20. The number of carbonyl (C=O) groups excluding carboxylic acids is 1. The summed E-state index contributed by atoms with van der Waals surface area (Å²) >= 11 is 0. The van der Waals surface area contributed by atoms with Crippen molar-refractivity contribution in [3.63, 3.8) is 0 Å². The Bertz CT molecular complexity index is 705. The molecule has 0 aliphatic carbocycles. The van der Waals surface area contributed by atoms with E-state index in [2.05, 4.69) is 0 Å². The highest BCUT2D eigenvalue weighted by atomic mass is 16.6. The molecule has 0 bridgehead atoms. The number of benzene rings is 2. The Morgan fingerprint density at radius 2 is 1.82 bits per heavy atom. The standard InChI is InChI=1S/C16H12N2O4/c17-11-10-15(12-4-2-1-3-5-12)16(19)22-14-8-6-13(7-9-14)18(20)21/h1-9,15H,10H2. The highest BCUT2D eigenvalue weighted by Crippen LogP contribution is 2.24. The number of nitrogens with zero attached hydrogens (tertiary/aromatic N) is 2. The number of nitriles is 1. The van der Waals surface area contributed by atoms with E-state index >= 15 is 0 Å². The molecule has 6 nitrogen and oxygen atoms in total. The van der Waals surface area contributed by atoms with Crippen molar-refractivity contribution < 1.29 is 14.5 Å². The van der Waals surface area contributed by atoms with Crippen molar-refractivity contribution in [1.29, 1.82) is 5.26 Å². The number of esters is 1. The van der Waals surface area contributed by atoms with Crippen LogP contribution in [0.3, 0.4) is 0 Å². The molecule has 2 aromatic rings. The zero-order valence-corrected chi connectivity index (χ0v) is 11.5. The summed E-state index contributed by atoms with van der Waals surface area (Å²) < 4.78 is 5.21. The Balaban J connectivity index is 2.15. The molecule has 0 heterocycles. The first-order valence-corrected chi connectivity index (χ1v) is 6.50. The molecule has 0 amide bonds. The van der Waals surface area contributed by atoms with E-state index in [0.717, 1.165) is 0 Å². The molecular weight excluding hydrogens is 284 g/mol. The highest BCUT2D eigenvalue weighted by Gasteiger charge is 2.22. The molecular formula is C16H12N2O4. The van der Waals surface area contributed by atoms with Crippen LogP contribution in [0.5, 0.6) is 5.75 Å². The fourth-order valence-electron chi connectivity index (χ4n) is 1.94. The van der Waals surface area contributed by atoms with Gasteiger partial charge in [-0.2, -0.15) is 5.26 Å². The van der Waals surface area contributed by atoms with Gasteiger partial charge in [-0.1, -0.05) is 30.3 Å². The molecule has 0 aromatic heterocycles. The number of nitro groups is 1. The molecule has 0 saturated heterocycles. The van der Waals surface area contributed by atoms with Gasteiger partial charge in [0.15, 0.2) is 0 Å². The fraction of sp³-hybridized carbons (Fsp3) is 0.125. The van der Waals surface area contributed by atoms with E-state index < -0.39 is 16.8 Å². The summed E-state index contributed by atoms with van der Waals surface area (Å²) in [6.07, 6.45) is -0.00414. The van der Waals surface area contributed by atoms with Crippen LogP contribution in [0.1, 0.15) is 17.9 Å². The second-order valence-corrected chi connectivity index (χ2v) is 4.50. The summed E-state index contributed by atoms with van der Waals surface area (Å²) in [6, 6.07) is 16.0. The Labute approximate surface area is 126 Å². The summed E-state index contributed by atoms with van der Waals surface area (Å²) in [4.78, 5) is 22.3. The van der Waals surface area contributed by atoms with Gasteiger partial charge in [-0.05, 0) is 17.7 Å². The number of nitro benzene ring substituents is 1. The van der Waals surface area contributed by atoms with E-state index in [4.69, 9.17) is 10.00 Å². The van der Waals surface area contributed by atoms with Gasteiger partial charge in [0, 0.05) is 12.1 Å². The minimum atomic E-state index is -0.693. The van der Waals surface area contributed by atoms with E-state index in [1.807, 2.05) is 12.1 Å². The summed E-state index contributed by atoms with van der Waals surface area (Å²) in [5.41, 5.74) is 0.604. The summed E-state index contributed by atoms with van der Waals surface area (Å²) in [7, 11) is 0. The molecule has 6 heteroatoms. The van der Waals surface area contributed by atoms with Gasteiger partial charge in [-0.15, -0.1) is 0 Å². The number of non-ortho nitro benzene ring substituents is 1. The SMILES string of the molecule is N#CCC(C(=O)Oc1ccc([N+](=O)[O-])cc1)c1ccccc1. The molecule has 0 N–H and O–H groups in total. The monoisotopic (exact) mass is 296 g/mol. The van der Waals surface area contributed by atoms with Crippen LogP contribution in [0, 0.1) is 21.4 Å². The molecule has 0 aliphatic heterocycles. The summed E-state index contributed by atoms with van der Waals surface area (Å²) in [5, 5.41) is 19.5. The van der Waals surface area contributed by atoms with Crippen molar-refractivity contribution in [2.24, 2.45) is 0 Å². The maximum Gasteiger partial charge on any atom is 0.319 e. The van der Waals surface area contributed by atoms with E-state index in [1.165, 1.54) is 24.3 Å². The third-order valence-corrected chi connectivity index (χ3v) is 3.05. The number of hydrogen-bond donors (Lipinski definition) is 0. The molecule has 0 spiro atoms. The lowest BCUT2D eigenvalue weighted by molar-refractivity contribution is -0.384. The van der Waals surface area contributed by atoms with Gasteiger partial charge in [0.2, 0.25) is 0 Å². The van der Waals surface area contributed by atoms with Crippen molar-refractivity contribution in [2.45, 2.75) is 12.3 Å². The first-order chi connectivity index (χ1) is 10.6. The van der Waals surface area contributed by atoms with Crippen molar-refractivity contribution in [3.05, 3.63) is 70.3 Å². The van der Waals surface area contributed by atoms with Crippen molar-refractivity contribution >= 4 is 11.7 Å². The number of hydrogen-bond acceptors (Lipinski definition) is 5. The van der Waals surface area contributed by atoms with Gasteiger partial charge < -0.3 is 4.74 Å². The molecule has 0 radical (unpaired) electrons. The van der Waals surface area contributed by atoms with Crippen molar-refractivity contribution in [3.8, 4) is 11.8 Å². The third kappa shape index (κ3) is 3.67. The first kappa shape index (κ1) is 15.2. The Morgan fingerprint density at radius 1 is 1.18 bits per heavy atom. The molecule has 110 valence electrons. The van der Waals surface area contributed by atoms with Crippen LogP contribution in [0.25, 0.3) is 0 Å². The topological polar surface area (TPSA) is 93.2 Å². The molecule has 0 saturated carbocycles. The van der Waals surface area contributed by atoms with Gasteiger partial charge in [0.05, 0.1) is 23.3 Å². The molecule has 2 aromatic carbocycles. The average Bonchev–Trinajstić information content (AvgIpc) is 2.53. The van der Waals surface area contributed by atoms with Crippen molar-refractivity contribution in [1.82, 2.24) is 0 Å². The number of ether oxygens (including phenoxy) is 1. The van der Waals surface area contributed by atoms with Gasteiger partial charge >= 0.3 is 5.97 Å². The van der Waals surface area contributed by atoms with Crippen LogP contribution >= 0.6 is 0 Å². The normalized spacial score (nSPS) is 11.2. The zero-order chi connectivity index (χ0) is 15.9. The van der Waals surface area contributed by atoms with E-state index in [-0.39, 0.29) is 17.9 Å². The Kier molecular flexibility index (Phi) is 4.83. The maximum absolute atomic E-state index is 12.2. The molecule has 22 heavy (non-hydrogen) atoms. The van der Waals surface area contributed by atoms with Crippen LogP contribution in [0.2, 0.25) is 0 Å². The highest BCUT2D eigenvalue weighted by molar-refractivity contribution is 5.80. The van der Waals surface area contributed by atoms with Crippen LogP contribution in [0.4, 0.5) is 5.69 Å². The Hall–Kier alpha value is -3.20. The molecule has 0 aliphatic rings. The average molecular weight is 296 g/mol. The first-order valence-electron chi connectivity index (χ1n) is 6.50. The maximum atomic E-state index is 12.2. The van der Waals surface area contributed by atoms with Crippen LogP contribution < -0.4 is 4.74 Å². The van der Waals surface area contributed by atoms with Gasteiger partial charge in [0.1, 0.15) is 5.75 Å². The predicted molar refractivity (Wildman–Crippen MR) is 78.1 cm³/mol. The van der Waals surface area contributed by atoms with Gasteiger partial charge in [-0.25, -0.2) is 0 Å². The van der Waals surface area contributed by atoms with Crippen LogP contribution in [-0.2, 0) is 4.79 Å². The summed E-state index contributed by atoms with van der Waals surface area (Å²) in [6.45, 7) is 0. The van der Waals surface area contributed by atoms with E-state index in [0.29, 0.717) is 5.56 Å². The quantitative estimate of drug-likeness (QED) is 0.365. The minimum absolute atomic E-state index is 0.00414. The van der Waals surface area contributed by atoms with Crippen molar-refractivity contribution in [2.75, 3.05) is 0 Å². The summed E-state index contributed by atoms with van der Waals surface area (Å²) in [5.74, 6) is -1.06. The third-order valence-electron chi connectivity index (χ3n) is 3.05. The fourth-order valence-corrected chi connectivity index (χ4v) is 1.94. The minimum Gasteiger partial charge on any atom is -0.426 e.